The summed E-state index contributed by atoms with van der Waals surface area (Å²) in [7, 11) is 0. The van der Waals surface area contributed by atoms with Crippen LogP contribution in [0.15, 0.2) is 121 Å². The average Bonchev–Trinajstić information content (AvgIpc) is 2.63. The maximum atomic E-state index is 12.9. The molecule has 23 nitrogen and oxygen atoms in total. The second-order valence-corrected chi connectivity index (χ2v) is 21.0. The zero-order chi connectivity index (χ0) is 61.0. The van der Waals surface area contributed by atoms with Crippen LogP contribution in [0.2, 0.25) is 0 Å². The molecule has 1 amide bonds. The van der Waals surface area contributed by atoms with Crippen LogP contribution in [-0.2, 0) is 35.9 Å². The monoisotopic (exact) mass is 1150 g/mol. The number of amides is 1. The molecule has 4 aromatic heterocycles. The molecule has 0 unspecified atom stereocenters. The van der Waals surface area contributed by atoms with Gasteiger partial charge in [0.1, 0.15) is 47.5 Å². The highest BCUT2D eigenvalue weighted by Crippen LogP contribution is 2.41. The quantitative estimate of drug-likeness (QED) is 0.0317. The number of hydrogen-bond donors (Lipinski definition) is 9. The number of aliphatic carboxylic acids is 1. The standard InChI is InChI=1S/C31H32N8O3.C18H20N2O3.C13H14N6O/c1-19-14-31(2,3)39(10-11-40)25-9-8-22(13-24(19)25)12-23(15-32)28(41)34-16-20-4-6-21(7-5-20)17-42-29-26-27(36-18-35-26)37-30(33)38-29;1-12-10-18(2,3)20(6-7-21)16-5-4-13(9-15(12)16)8-14(11-19)17(22)23;14-5-8-1-3-9(4-2-8)6-20-12-10-11(17-7-16-10)18-13(15)19-12/h4-9,12-14,18,40H,10-11,16-17H2,1-3H3,(H,34,41)(H3,33,35,36,37,38);4-5,8-10,21H,6-7H2,1-3H3,(H,22,23);1-4,7H,5-6,14H2,(H3,15,16,17,18,19)/b23-12+;14-8+;. The number of nitrogen functional groups attached to an aromatic ring is 2. The number of H-pyrrole nitrogens is 2. The van der Waals surface area contributed by atoms with Crippen molar-refractivity contribution in [3.05, 3.63) is 165 Å². The molecule has 85 heavy (non-hydrogen) atoms. The first kappa shape index (κ1) is 60.6. The number of carbonyl (C=O) groups excluding carboxylic acids is 1. The number of nitrogens with two attached hydrogens (primary N) is 3. The summed E-state index contributed by atoms with van der Waals surface area (Å²) in [6, 6.07) is 30.5. The minimum atomic E-state index is -1.24. The molecule has 12 N–H and O–H groups in total. The number of aromatic amines is 2. The average molecular weight is 1150 g/mol. The Bertz CT molecular complexity index is 3960. The minimum Gasteiger partial charge on any atom is -0.477 e. The molecule has 6 heterocycles. The Morgan fingerprint density at radius 1 is 0.647 bits per heavy atom. The molecule has 2 aliphatic heterocycles. The van der Waals surface area contributed by atoms with Gasteiger partial charge in [-0.2, -0.15) is 30.5 Å². The number of carboxylic acids is 1. The molecule has 0 saturated heterocycles. The largest absolute Gasteiger partial charge is 0.477 e. The smallest absolute Gasteiger partial charge is 0.346 e. The third-order valence-corrected chi connectivity index (χ3v) is 14.0. The van der Waals surface area contributed by atoms with Gasteiger partial charge in [-0.15, -0.1) is 0 Å². The van der Waals surface area contributed by atoms with Gasteiger partial charge >= 0.3 is 5.97 Å². The van der Waals surface area contributed by atoms with Gasteiger partial charge in [0.05, 0.1) is 36.9 Å². The highest BCUT2D eigenvalue weighted by atomic mass is 16.5. The summed E-state index contributed by atoms with van der Waals surface area (Å²) in [5.74, 6) is -0.762. The van der Waals surface area contributed by atoms with Gasteiger partial charge in [-0.1, -0.05) is 72.8 Å². The molecule has 0 saturated carbocycles. The van der Waals surface area contributed by atoms with Crippen molar-refractivity contribution >= 4 is 80.8 Å². The number of anilines is 4. The summed E-state index contributed by atoms with van der Waals surface area (Å²) >= 11 is 0. The maximum absolute atomic E-state index is 12.9. The number of ether oxygens (including phenoxy) is 2. The van der Waals surface area contributed by atoms with Crippen LogP contribution in [0.1, 0.15) is 86.1 Å². The zero-order valence-electron chi connectivity index (χ0n) is 47.9. The van der Waals surface area contributed by atoms with Crippen molar-refractivity contribution in [3.8, 4) is 23.9 Å². The van der Waals surface area contributed by atoms with E-state index < -0.39 is 11.9 Å². The Labute approximate surface area is 490 Å². The zero-order valence-corrected chi connectivity index (χ0v) is 47.9. The Balaban J connectivity index is 0.000000184. The van der Waals surface area contributed by atoms with E-state index >= 15 is 0 Å². The number of imidazole rings is 2. The summed E-state index contributed by atoms with van der Waals surface area (Å²) in [5.41, 5.74) is 29.8. The molecule has 2 aliphatic rings. The van der Waals surface area contributed by atoms with Gasteiger partial charge in [0.15, 0.2) is 11.3 Å². The highest BCUT2D eigenvalue weighted by molar-refractivity contribution is 6.02. The number of hydrogen-bond acceptors (Lipinski definition) is 19. The lowest BCUT2D eigenvalue weighted by Gasteiger charge is -2.43. The number of rotatable bonds is 17. The van der Waals surface area contributed by atoms with E-state index in [9.17, 15) is 25.1 Å². The second-order valence-electron chi connectivity index (χ2n) is 21.0. The molecule has 0 atom stereocenters. The number of aliphatic hydroxyl groups excluding tert-OH is 2. The van der Waals surface area contributed by atoms with Gasteiger partial charge in [-0.25, -0.2) is 14.8 Å². The van der Waals surface area contributed by atoms with Gasteiger partial charge in [0.25, 0.3) is 5.91 Å². The van der Waals surface area contributed by atoms with E-state index in [1.165, 1.54) is 18.7 Å². The van der Waals surface area contributed by atoms with Crippen LogP contribution in [0.4, 0.5) is 23.3 Å². The molecule has 0 bridgehead atoms. The number of nitrogens with one attached hydrogen (secondary N) is 3. The first-order chi connectivity index (χ1) is 40.7. The number of carboxylic acid groups (broad SMARTS) is 1. The fourth-order valence-electron chi connectivity index (χ4n) is 9.98. The van der Waals surface area contributed by atoms with Crippen LogP contribution in [0.5, 0.6) is 11.8 Å². The van der Waals surface area contributed by atoms with Gasteiger partial charge in [-0.05, 0) is 122 Å². The van der Waals surface area contributed by atoms with E-state index in [2.05, 4.69) is 94.8 Å². The predicted octanol–water partition coefficient (Wildman–Crippen LogP) is 7.38. The molecule has 4 aromatic carbocycles. The molecule has 10 rings (SSSR count). The number of β-amino-alcohol motifs (C(OH)–C–C–N with tert-alkyl or cyclic N) is 2. The van der Waals surface area contributed by atoms with Crippen LogP contribution in [0, 0.1) is 22.7 Å². The molecule has 0 spiro atoms. The van der Waals surface area contributed by atoms with Gasteiger partial charge in [0, 0.05) is 48.7 Å². The van der Waals surface area contributed by atoms with Crippen molar-refractivity contribution in [1.82, 2.24) is 45.2 Å². The Morgan fingerprint density at radius 2 is 1.07 bits per heavy atom. The summed E-state index contributed by atoms with van der Waals surface area (Å²) in [5, 5.41) is 49.3. The number of nitriles is 2. The predicted molar refractivity (Wildman–Crippen MR) is 326 cm³/mol. The maximum Gasteiger partial charge on any atom is 0.346 e. The van der Waals surface area contributed by atoms with Gasteiger partial charge < -0.3 is 67.1 Å². The van der Waals surface area contributed by atoms with Crippen molar-refractivity contribution in [2.45, 2.75) is 78.9 Å². The van der Waals surface area contributed by atoms with E-state index in [1.54, 1.807) is 18.2 Å². The summed E-state index contributed by atoms with van der Waals surface area (Å²) < 4.78 is 11.5. The molecule has 0 aliphatic carbocycles. The highest BCUT2D eigenvalue weighted by Gasteiger charge is 2.32. The lowest BCUT2D eigenvalue weighted by atomic mass is 9.88. The van der Waals surface area contributed by atoms with E-state index in [0.29, 0.717) is 65.9 Å². The lowest BCUT2D eigenvalue weighted by Crippen LogP contribution is -2.46. The number of aromatic nitrogens is 8. The molecule has 0 fully saturated rings. The molecule has 8 aromatic rings. The van der Waals surface area contributed by atoms with Crippen LogP contribution < -0.4 is 41.8 Å². The van der Waals surface area contributed by atoms with Crippen LogP contribution in [-0.4, -0.2) is 104 Å². The van der Waals surface area contributed by atoms with Crippen molar-refractivity contribution in [3.63, 3.8) is 0 Å². The van der Waals surface area contributed by atoms with Gasteiger partial charge in [0.2, 0.25) is 23.7 Å². The molecule has 0 radical (unpaired) electrons. The van der Waals surface area contributed by atoms with E-state index in [0.717, 1.165) is 61.5 Å². The number of carbonyl (C=O) groups is 2. The van der Waals surface area contributed by atoms with Crippen LogP contribution in [0.25, 0.3) is 45.6 Å². The summed E-state index contributed by atoms with van der Waals surface area (Å²) in [6.45, 7) is 15.0. The van der Waals surface area contributed by atoms with Crippen LogP contribution in [0.3, 0.4) is 0 Å². The number of aliphatic hydroxyl groups is 2. The van der Waals surface area contributed by atoms with E-state index in [4.69, 9.17) is 37.0 Å². The van der Waals surface area contributed by atoms with Crippen molar-refractivity contribution in [2.75, 3.05) is 47.6 Å². The SMILES string of the molecule is CC1=CC(C)(C)N(CCO)c2ccc(/C=C(\C#N)C(=O)NCc3ccc(COc4nc(N)nc5nc[nH]c45)cc3)cc21.CC1=CC(C)(C)N(CCO)c2ccc(/C=C(\C#N)C(=O)O)cc21.NCc1ccc(COc2nc(N)nc3nc[nH]c23)cc1. The van der Waals surface area contributed by atoms with Crippen molar-refractivity contribution in [2.24, 2.45) is 5.73 Å². The topological polar surface area (TPSA) is 366 Å². The fourth-order valence-corrected chi connectivity index (χ4v) is 9.98. The number of benzene rings is 4. The third kappa shape index (κ3) is 14.6. The number of fused-ring (bicyclic) bond motifs is 4. The van der Waals surface area contributed by atoms with Crippen LogP contribution >= 0.6 is 0 Å². The third-order valence-electron chi connectivity index (χ3n) is 14.0. The normalized spacial score (nSPS) is 14.0. The Morgan fingerprint density at radius 3 is 1.48 bits per heavy atom. The number of allylic oxidation sites excluding steroid dienone is 2. The first-order valence-corrected chi connectivity index (χ1v) is 27.0. The number of nitrogens with zero attached hydrogens (tertiary/aromatic N) is 10. The van der Waals surface area contributed by atoms with E-state index in [-0.39, 0.29) is 60.5 Å². The fraction of sp³-hybridized carbons (Fsp3) is 0.258. The molecular weight excluding hydrogens is 1080 g/mol. The first-order valence-electron chi connectivity index (χ1n) is 27.0. The molecule has 436 valence electrons. The summed E-state index contributed by atoms with van der Waals surface area (Å²) in [4.78, 5) is 58.4. The van der Waals surface area contributed by atoms with Gasteiger partial charge in [-0.3, -0.25) is 4.79 Å². The molecular formula is C62H66N16O7. The minimum absolute atomic E-state index is 0.0131. The molecule has 23 heteroatoms. The summed E-state index contributed by atoms with van der Waals surface area (Å²) in [6.07, 6.45) is 10.3. The van der Waals surface area contributed by atoms with Crippen molar-refractivity contribution < 1.29 is 34.4 Å². The van der Waals surface area contributed by atoms with E-state index in [1.807, 2.05) is 98.8 Å². The Kier molecular flexibility index (Phi) is 19.0. The Hall–Kier alpha value is -10.5. The second kappa shape index (κ2) is 26.6. The lowest BCUT2D eigenvalue weighted by molar-refractivity contribution is -0.132. The van der Waals surface area contributed by atoms with Crippen molar-refractivity contribution in [1.29, 1.82) is 10.5 Å².